The molecule has 0 aromatic carbocycles. The summed E-state index contributed by atoms with van der Waals surface area (Å²) in [7, 11) is 3.59. The molecule has 3 heterocycles. The number of fused-ring (bicyclic) bond motifs is 1. The molecule has 35 heavy (non-hydrogen) atoms. The van der Waals surface area contributed by atoms with Crippen molar-refractivity contribution in [2.45, 2.75) is 75.8 Å². The summed E-state index contributed by atoms with van der Waals surface area (Å²) in [5.41, 5.74) is 1.96. The molecular formula is C25H35N7O3. The van der Waals surface area contributed by atoms with Gasteiger partial charge < -0.3 is 30.4 Å². The van der Waals surface area contributed by atoms with Gasteiger partial charge in [-0.1, -0.05) is 0 Å². The predicted molar refractivity (Wildman–Crippen MR) is 135 cm³/mol. The zero-order valence-electron chi connectivity index (χ0n) is 20.6. The molecule has 4 N–H and O–H groups in total. The Balaban J connectivity index is 1.38. The van der Waals surface area contributed by atoms with E-state index in [4.69, 9.17) is 9.72 Å². The van der Waals surface area contributed by atoms with Gasteiger partial charge in [0.1, 0.15) is 17.3 Å². The average molecular weight is 482 g/mol. The fourth-order valence-electron chi connectivity index (χ4n) is 5.06. The quantitative estimate of drug-likeness (QED) is 0.388. The van der Waals surface area contributed by atoms with E-state index in [1.54, 1.807) is 23.9 Å². The summed E-state index contributed by atoms with van der Waals surface area (Å²) in [6, 6.07) is 5.81. The summed E-state index contributed by atoms with van der Waals surface area (Å²) in [6.45, 7) is 2.70. The average Bonchev–Trinajstić information content (AvgIpc) is 3.27. The van der Waals surface area contributed by atoms with E-state index >= 15 is 0 Å². The smallest absolute Gasteiger partial charge is 0.274 e. The molecule has 0 amide bonds. The van der Waals surface area contributed by atoms with Gasteiger partial charge in [0.05, 0.1) is 17.9 Å². The largest absolute Gasteiger partial charge is 0.392 e. The molecule has 0 unspecified atom stereocenters. The van der Waals surface area contributed by atoms with Crippen molar-refractivity contribution in [3.05, 3.63) is 46.5 Å². The number of hydrogen-bond acceptors (Lipinski definition) is 8. The second-order valence-corrected chi connectivity index (χ2v) is 9.96. The highest BCUT2D eigenvalue weighted by atomic mass is 16.5. The fraction of sp³-hybridized carbons (Fsp3) is 0.560. The van der Waals surface area contributed by atoms with E-state index in [9.17, 15) is 9.90 Å². The normalized spacial score (nSPS) is 26.5. The number of methoxy groups -OCH3 is 1. The van der Waals surface area contributed by atoms with Gasteiger partial charge in [-0.05, 0) is 57.6 Å². The van der Waals surface area contributed by atoms with E-state index in [1.165, 1.54) is 0 Å². The van der Waals surface area contributed by atoms with Crippen LogP contribution in [0.4, 0.5) is 17.3 Å². The van der Waals surface area contributed by atoms with Crippen molar-refractivity contribution < 1.29 is 9.84 Å². The van der Waals surface area contributed by atoms with E-state index in [1.807, 2.05) is 29.9 Å². The summed E-state index contributed by atoms with van der Waals surface area (Å²) in [5.74, 6) is 1.33. The minimum Gasteiger partial charge on any atom is -0.392 e. The lowest BCUT2D eigenvalue weighted by atomic mass is 9.83. The van der Waals surface area contributed by atoms with Crippen LogP contribution in [0, 0.1) is 0 Å². The Hall–Kier alpha value is -2.95. The van der Waals surface area contributed by atoms with E-state index in [-0.39, 0.29) is 29.3 Å². The van der Waals surface area contributed by atoms with Crippen LogP contribution in [0.2, 0.25) is 0 Å². The first kappa shape index (κ1) is 23.8. The van der Waals surface area contributed by atoms with Gasteiger partial charge in [0.2, 0.25) is 0 Å². The van der Waals surface area contributed by atoms with E-state index in [0.29, 0.717) is 23.7 Å². The Kier molecular flexibility index (Phi) is 6.52. The number of pyridine rings is 1. The predicted octanol–water partition coefficient (Wildman–Crippen LogP) is 2.81. The SMILES string of the molecule is CNc1cc(Nc2cccn(C3CCC(C)(OC)CC3)c2=O)nc2c(CN[C@@H]3CC[C@@H]3O)cnn12. The number of nitrogens with one attached hydrogen (secondary N) is 3. The van der Waals surface area contributed by atoms with Crippen molar-refractivity contribution in [1.82, 2.24) is 24.5 Å². The number of ether oxygens (including phenoxy) is 1. The van der Waals surface area contributed by atoms with Crippen molar-refractivity contribution in [3.8, 4) is 0 Å². The minimum atomic E-state index is -0.289. The molecule has 10 nitrogen and oxygen atoms in total. The molecular weight excluding hydrogens is 446 g/mol. The summed E-state index contributed by atoms with van der Waals surface area (Å²) in [4.78, 5) is 18.1. The van der Waals surface area contributed by atoms with Gasteiger partial charge in [-0.25, -0.2) is 4.98 Å². The van der Waals surface area contributed by atoms with Crippen LogP contribution < -0.4 is 21.5 Å². The van der Waals surface area contributed by atoms with Crippen molar-refractivity contribution in [2.75, 3.05) is 24.8 Å². The van der Waals surface area contributed by atoms with Gasteiger partial charge in [0.15, 0.2) is 5.65 Å². The van der Waals surface area contributed by atoms with Crippen LogP contribution in [0.15, 0.2) is 35.4 Å². The summed E-state index contributed by atoms with van der Waals surface area (Å²) in [6.07, 6.45) is 8.85. The lowest BCUT2D eigenvalue weighted by Crippen LogP contribution is -2.47. The lowest BCUT2D eigenvalue weighted by Gasteiger charge is -2.36. The van der Waals surface area contributed by atoms with Gasteiger partial charge in [-0.15, -0.1) is 0 Å². The monoisotopic (exact) mass is 481 g/mol. The zero-order valence-corrected chi connectivity index (χ0v) is 20.6. The van der Waals surface area contributed by atoms with Crippen LogP contribution in [0.5, 0.6) is 0 Å². The number of aliphatic hydroxyl groups excluding tert-OH is 1. The third kappa shape index (κ3) is 4.65. The lowest BCUT2D eigenvalue weighted by molar-refractivity contribution is -0.0324. The van der Waals surface area contributed by atoms with Gasteiger partial charge >= 0.3 is 0 Å². The van der Waals surface area contributed by atoms with Crippen LogP contribution in [0.1, 0.15) is 57.1 Å². The fourth-order valence-corrected chi connectivity index (χ4v) is 5.06. The molecule has 2 saturated carbocycles. The van der Waals surface area contributed by atoms with Crippen LogP contribution in [-0.4, -0.2) is 56.2 Å². The molecule has 0 aliphatic heterocycles. The Morgan fingerprint density at radius 1 is 1.26 bits per heavy atom. The molecule has 5 rings (SSSR count). The van der Waals surface area contributed by atoms with E-state index < -0.39 is 0 Å². The van der Waals surface area contributed by atoms with Gasteiger partial charge in [-0.3, -0.25) is 4.79 Å². The van der Waals surface area contributed by atoms with Crippen LogP contribution in [0.25, 0.3) is 5.65 Å². The minimum absolute atomic E-state index is 0.0550. The molecule has 2 atom stereocenters. The molecule has 0 saturated heterocycles. The topological polar surface area (TPSA) is 118 Å². The molecule has 0 radical (unpaired) electrons. The molecule has 2 aliphatic rings. The first-order chi connectivity index (χ1) is 16.9. The second kappa shape index (κ2) is 9.60. The molecule has 10 heteroatoms. The van der Waals surface area contributed by atoms with Crippen molar-refractivity contribution in [3.63, 3.8) is 0 Å². The van der Waals surface area contributed by atoms with Crippen LogP contribution in [0.3, 0.4) is 0 Å². The number of hydrogen-bond donors (Lipinski definition) is 4. The van der Waals surface area contributed by atoms with Gasteiger partial charge in [0.25, 0.3) is 5.56 Å². The van der Waals surface area contributed by atoms with Crippen LogP contribution in [-0.2, 0) is 11.3 Å². The van der Waals surface area contributed by atoms with Gasteiger partial charge in [-0.2, -0.15) is 9.61 Å². The Bertz CT molecular complexity index is 1250. The first-order valence-electron chi connectivity index (χ1n) is 12.4. The number of rotatable bonds is 8. The molecule has 2 aliphatic carbocycles. The number of aromatic nitrogens is 4. The van der Waals surface area contributed by atoms with Crippen LogP contribution >= 0.6 is 0 Å². The highest BCUT2D eigenvalue weighted by Gasteiger charge is 2.32. The summed E-state index contributed by atoms with van der Waals surface area (Å²) >= 11 is 0. The molecule has 3 aromatic rings. The third-order valence-corrected chi connectivity index (χ3v) is 7.73. The highest BCUT2D eigenvalue weighted by molar-refractivity contribution is 5.64. The van der Waals surface area contributed by atoms with Crippen molar-refractivity contribution >= 4 is 23.0 Å². The maximum atomic E-state index is 13.4. The first-order valence-corrected chi connectivity index (χ1v) is 12.4. The summed E-state index contributed by atoms with van der Waals surface area (Å²) in [5, 5.41) is 24.1. The molecule has 2 fully saturated rings. The van der Waals surface area contributed by atoms with Gasteiger partial charge in [0, 0.05) is 50.6 Å². The third-order valence-electron chi connectivity index (χ3n) is 7.73. The Labute approximate surface area is 204 Å². The maximum Gasteiger partial charge on any atom is 0.274 e. The highest BCUT2D eigenvalue weighted by Crippen LogP contribution is 2.36. The second-order valence-electron chi connectivity index (χ2n) is 9.96. The van der Waals surface area contributed by atoms with E-state index in [0.717, 1.165) is 49.9 Å². The Morgan fingerprint density at radius 2 is 2.06 bits per heavy atom. The summed E-state index contributed by atoms with van der Waals surface area (Å²) < 4.78 is 9.25. The standard InChI is InChI=1S/C25H35N7O3/c1-25(35-3)10-8-17(9-11-25)31-12-4-5-19(24(31)34)29-21-13-22(26-2)32-23(30-21)16(15-28-32)14-27-18-6-7-20(18)33/h4-5,12-13,15,17-18,20,26-27,33H,6-11,14H2,1-3H3,(H,29,30)/t17?,18-,20+,25?/m1/s1. The van der Waals surface area contributed by atoms with Crippen molar-refractivity contribution in [1.29, 1.82) is 0 Å². The molecule has 188 valence electrons. The maximum absolute atomic E-state index is 13.4. The molecule has 0 bridgehead atoms. The molecule has 0 spiro atoms. The number of aliphatic hydroxyl groups is 1. The number of anilines is 3. The Morgan fingerprint density at radius 3 is 2.71 bits per heavy atom. The molecule has 3 aromatic heterocycles. The van der Waals surface area contributed by atoms with Crippen molar-refractivity contribution in [2.24, 2.45) is 0 Å². The van der Waals surface area contributed by atoms with E-state index in [2.05, 4.69) is 28.0 Å². The number of nitrogens with zero attached hydrogens (tertiary/aromatic N) is 4. The zero-order chi connectivity index (χ0) is 24.6.